The van der Waals surface area contributed by atoms with Crippen molar-refractivity contribution in [3.63, 3.8) is 0 Å². The third kappa shape index (κ3) is 6.29. The fraction of sp³-hybridized carbons (Fsp3) is 0.360. The van der Waals surface area contributed by atoms with Crippen LogP contribution in [0.1, 0.15) is 24.0 Å². The molecule has 1 aliphatic heterocycles. The number of carbonyl (C=O) groups excluding carboxylic acids is 2. The molecule has 0 aliphatic carbocycles. The van der Waals surface area contributed by atoms with Gasteiger partial charge in [-0.3, -0.25) is 9.59 Å². The molecule has 0 atom stereocenters. The van der Waals surface area contributed by atoms with Crippen molar-refractivity contribution < 1.29 is 14.3 Å². The first-order chi connectivity index (χ1) is 14.7. The first kappa shape index (κ1) is 21.8. The van der Waals surface area contributed by atoms with Gasteiger partial charge in [0.15, 0.2) is 0 Å². The standard InChI is InChI=1S/C25H30N2O3/c1-30-19-18-27(20-22-10-6-3-7-11-22)25(29)23-14-16-26(17-15-23)24(28)13-12-21-8-4-2-5-9-21/h2-13,23H,14-20H2,1H3/b13-12+. The smallest absolute Gasteiger partial charge is 0.246 e. The fourth-order valence-electron chi connectivity index (χ4n) is 3.71. The zero-order chi connectivity index (χ0) is 21.2. The Hall–Kier alpha value is -2.92. The second-order valence-corrected chi connectivity index (χ2v) is 7.58. The summed E-state index contributed by atoms with van der Waals surface area (Å²) in [5.74, 6) is 0.112. The van der Waals surface area contributed by atoms with E-state index >= 15 is 0 Å². The Morgan fingerprint density at radius 3 is 2.30 bits per heavy atom. The molecule has 0 bridgehead atoms. The van der Waals surface area contributed by atoms with E-state index in [1.54, 1.807) is 13.2 Å². The number of nitrogens with zero attached hydrogens (tertiary/aromatic N) is 2. The summed E-state index contributed by atoms with van der Waals surface area (Å²) in [6, 6.07) is 19.8. The molecule has 0 unspecified atom stereocenters. The van der Waals surface area contributed by atoms with Gasteiger partial charge in [0.2, 0.25) is 11.8 Å². The molecule has 1 heterocycles. The summed E-state index contributed by atoms with van der Waals surface area (Å²) in [7, 11) is 1.65. The van der Waals surface area contributed by atoms with Gasteiger partial charge in [0.1, 0.15) is 0 Å². The summed E-state index contributed by atoms with van der Waals surface area (Å²) in [6.45, 7) is 2.89. The average Bonchev–Trinajstić information content (AvgIpc) is 2.81. The van der Waals surface area contributed by atoms with E-state index in [-0.39, 0.29) is 17.7 Å². The van der Waals surface area contributed by atoms with E-state index in [4.69, 9.17) is 4.74 Å². The van der Waals surface area contributed by atoms with Crippen LogP contribution >= 0.6 is 0 Å². The number of hydrogen-bond donors (Lipinski definition) is 0. The van der Waals surface area contributed by atoms with Gasteiger partial charge in [-0.25, -0.2) is 0 Å². The molecule has 0 aromatic heterocycles. The molecule has 3 rings (SSSR count). The minimum absolute atomic E-state index is 0.00489. The first-order valence-corrected chi connectivity index (χ1v) is 10.5. The maximum atomic E-state index is 13.1. The maximum absolute atomic E-state index is 13.1. The molecule has 158 valence electrons. The maximum Gasteiger partial charge on any atom is 0.246 e. The van der Waals surface area contributed by atoms with E-state index in [1.807, 2.05) is 76.5 Å². The summed E-state index contributed by atoms with van der Waals surface area (Å²) in [5, 5.41) is 0. The predicted octanol–water partition coefficient (Wildman–Crippen LogP) is 3.61. The number of rotatable bonds is 8. The van der Waals surface area contributed by atoms with Crippen molar-refractivity contribution in [3.05, 3.63) is 77.9 Å². The van der Waals surface area contributed by atoms with Crippen molar-refractivity contribution in [3.8, 4) is 0 Å². The number of methoxy groups -OCH3 is 1. The predicted molar refractivity (Wildman–Crippen MR) is 119 cm³/mol. The van der Waals surface area contributed by atoms with Crippen LogP contribution in [0.15, 0.2) is 66.7 Å². The molecule has 0 N–H and O–H groups in total. The molecular formula is C25H30N2O3. The summed E-state index contributed by atoms with van der Waals surface area (Å²) in [4.78, 5) is 29.4. The van der Waals surface area contributed by atoms with Gasteiger partial charge in [-0.1, -0.05) is 60.7 Å². The molecule has 0 spiro atoms. The Morgan fingerprint density at radius 2 is 1.67 bits per heavy atom. The highest BCUT2D eigenvalue weighted by Gasteiger charge is 2.29. The second kappa shape index (κ2) is 11.3. The topological polar surface area (TPSA) is 49.9 Å². The highest BCUT2D eigenvalue weighted by atomic mass is 16.5. The summed E-state index contributed by atoms with van der Waals surface area (Å²) in [5.41, 5.74) is 2.12. The lowest BCUT2D eigenvalue weighted by Gasteiger charge is -2.34. The highest BCUT2D eigenvalue weighted by molar-refractivity contribution is 5.92. The van der Waals surface area contributed by atoms with Crippen LogP contribution in [0.25, 0.3) is 6.08 Å². The number of amides is 2. The quantitative estimate of drug-likeness (QED) is 0.629. The van der Waals surface area contributed by atoms with Gasteiger partial charge in [0.05, 0.1) is 6.61 Å². The number of carbonyl (C=O) groups is 2. The fourth-order valence-corrected chi connectivity index (χ4v) is 3.71. The summed E-state index contributed by atoms with van der Waals surface area (Å²) >= 11 is 0. The average molecular weight is 407 g/mol. The molecule has 1 saturated heterocycles. The molecule has 30 heavy (non-hydrogen) atoms. The largest absolute Gasteiger partial charge is 0.383 e. The van der Waals surface area contributed by atoms with Gasteiger partial charge in [-0.05, 0) is 30.0 Å². The third-order valence-corrected chi connectivity index (χ3v) is 5.47. The van der Waals surface area contributed by atoms with E-state index in [2.05, 4.69) is 0 Å². The van der Waals surface area contributed by atoms with Crippen molar-refractivity contribution in [2.24, 2.45) is 5.92 Å². The molecule has 5 nitrogen and oxygen atoms in total. The number of ether oxygens (including phenoxy) is 1. The molecule has 1 fully saturated rings. The number of likely N-dealkylation sites (tertiary alicyclic amines) is 1. The molecule has 0 saturated carbocycles. The third-order valence-electron chi connectivity index (χ3n) is 5.47. The Bertz CT molecular complexity index is 828. The van der Waals surface area contributed by atoms with Crippen molar-refractivity contribution in [2.75, 3.05) is 33.4 Å². The number of benzene rings is 2. The molecular weight excluding hydrogens is 376 g/mol. The zero-order valence-electron chi connectivity index (χ0n) is 17.6. The Kier molecular flexibility index (Phi) is 8.21. The van der Waals surface area contributed by atoms with Gasteiger partial charge in [0.25, 0.3) is 0 Å². The van der Waals surface area contributed by atoms with Crippen molar-refractivity contribution in [2.45, 2.75) is 19.4 Å². The number of piperidine rings is 1. The molecule has 2 aromatic rings. The number of hydrogen-bond acceptors (Lipinski definition) is 3. The van der Waals surface area contributed by atoms with Crippen LogP contribution in [0.3, 0.4) is 0 Å². The van der Waals surface area contributed by atoms with Crippen LogP contribution in [0.2, 0.25) is 0 Å². The van der Waals surface area contributed by atoms with Crippen molar-refractivity contribution in [1.82, 2.24) is 9.80 Å². The lowest BCUT2D eigenvalue weighted by atomic mass is 9.95. The van der Waals surface area contributed by atoms with Gasteiger partial charge in [-0.2, -0.15) is 0 Å². The Balaban J connectivity index is 1.54. The lowest BCUT2D eigenvalue weighted by molar-refractivity contribution is -0.140. The highest BCUT2D eigenvalue weighted by Crippen LogP contribution is 2.21. The van der Waals surface area contributed by atoms with Gasteiger partial charge >= 0.3 is 0 Å². The minimum atomic E-state index is -0.0484. The van der Waals surface area contributed by atoms with Crippen LogP contribution in [0.4, 0.5) is 0 Å². The van der Waals surface area contributed by atoms with Crippen LogP contribution < -0.4 is 0 Å². The van der Waals surface area contributed by atoms with Crippen LogP contribution in [-0.2, 0) is 20.9 Å². The Labute approximate surface area is 178 Å². The first-order valence-electron chi connectivity index (χ1n) is 10.5. The van der Waals surface area contributed by atoms with Gasteiger partial charge < -0.3 is 14.5 Å². The van der Waals surface area contributed by atoms with Crippen molar-refractivity contribution >= 4 is 17.9 Å². The van der Waals surface area contributed by atoms with Crippen LogP contribution in [0, 0.1) is 5.92 Å². The molecule has 1 aliphatic rings. The van der Waals surface area contributed by atoms with E-state index < -0.39 is 0 Å². The molecule has 2 aromatic carbocycles. The minimum Gasteiger partial charge on any atom is -0.383 e. The summed E-state index contributed by atoms with van der Waals surface area (Å²) in [6.07, 6.45) is 4.85. The second-order valence-electron chi connectivity index (χ2n) is 7.58. The van der Waals surface area contributed by atoms with E-state index in [0.29, 0.717) is 45.6 Å². The lowest BCUT2D eigenvalue weighted by Crippen LogP contribution is -2.44. The Morgan fingerprint density at radius 1 is 1.03 bits per heavy atom. The van der Waals surface area contributed by atoms with E-state index in [1.165, 1.54) is 0 Å². The van der Waals surface area contributed by atoms with Gasteiger partial charge in [-0.15, -0.1) is 0 Å². The van der Waals surface area contributed by atoms with Crippen LogP contribution in [-0.4, -0.2) is 55.0 Å². The summed E-state index contributed by atoms with van der Waals surface area (Å²) < 4.78 is 5.21. The van der Waals surface area contributed by atoms with Crippen molar-refractivity contribution in [1.29, 1.82) is 0 Å². The van der Waals surface area contributed by atoms with E-state index in [0.717, 1.165) is 11.1 Å². The molecule has 5 heteroatoms. The van der Waals surface area contributed by atoms with Crippen LogP contribution in [0.5, 0.6) is 0 Å². The SMILES string of the molecule is COCCN(Cc1ccccc1)C(=O)C1CCN(C(=O)/C=C/c2ccccc2)CC1. The van der Waals surface area contributed by atoms with Gasteiger partial charge in [0, 0.05) is 45.3 Å². The monoisotopic (exact) mass is 406 g/mol. The zero-order valence-corrected chi connectivity index (χ0v) is 17.6. The van der Waals surface area contributed by atoms with E-state index in [9.17, 15) is 9.59 Å². The normalized spacial score (nSPS) is 14.8. The molecule has 0 radical (unpaired) electrons. The molecule has 2 amide bonds.